The first-order valence-corrected chi connectivity index (χ1v) is 4.85. The highest BCUT2D eigenvalue weighted by molar-refractivity contribution is 5.73. The fourth-order valence-electron chi connectivity index (χ4n) is 1.46. The minimum absolute atomic E-state index is 0.0460. The molecule has 0 aliphatic rings. The molecule has 4 heteroatoms. The first-order chi connectivity index (χ1) is 6.83. The Morgan fingerprint density at radius 2 is 2.43 bits per heavy atom. The summed E-state index contributed by atoms with van der Waals surface area (Å²) in [5.74, 6) is 0. The van der Waals surface area contributed by atoms with Gasteiger partial charge in [0.05, 0.1) is 11.7 Å². The van der Waals surface area contributed by atoms with Crippen molar-refractivity contribution in [1.29, 1.82) is 0 Å². The van der Waals surface area contributed by atoms with Crippen LogP contribution in [-0.4, -0.2) is 14.5 Å². The maximum absolute atomic E-state index is 11.8. The number of aryl methyl sites for hydroxylation is 1. The molecule has 0 fully saturated rings. The van der Waals surface area contributed by atoms with Gasteiger partial charge in [-0.15, -0.1) is 0 Å². The predicted octanol–water partition coefficient (Wildman–Crippen LogP) is 1.52. The summed E-state index contributed by atoms with van der Waals surface area (Å²) in [6, 6.07) is 1.77. The second kappa shape index (κ2) is 3.65. The largest absolute Gasteiger partial charge is 0.346 e. The molecule has 0 unspecified atom stereocenters. The Labute approximate surface area is 81.6 Å². The molecule has 2 heterocycles. The van der Waals surface area contributed by atoms with Gasteiger partial charge in [0, 0.05) is 12.7 Å². The Kier molecular flexibility index (Phi) is 2.35. The van der Waals surface area contributed by atoms with Gasteiger partial charge >= 0.3 is 0 Å². The van der Waals surface area contributed by atoms with Gasteiger partial charge in [-0.05, 0) is 12.5 Å². The highest BCUT2D eigenvalue weighted by Crippen LogP contribution is 2.02. The van der Waals surface area contributed by atoms with Crippen LogP contribution in [-0.2, 0) is 6.54 Å². The molecular formula is C10H13N3O. The molecule has 14 heavy (non-hydrogen) atoms. The van der Waals surface area contributed by atoms with Crippen LogP contribution in [0.4, 0.5) is 0 Å². The van der Waals surface area contributed by atoms with E-state index in [-0.39, 0.29) is 5.56 Å². The van der Waals surface area contributed by atoms with Gasteiger partial charge in [-0.2, -0.15) is 0 Å². The SMILES string of the molecule is CCCCn1cnc2[nH]ccc2c1=O. The molecule has 0 saturated heterocycles. The maximum Gasteiger partial charge on any atom is 0.262 e. The fraction of sp³-hybridized carbons (Fsp3) is 0.400. The number of hydrogen-bond donors (Lipinski definition) is 1. The molecule has 0 aliphatic heterocycles. The van der Waals surface area contributed by atoms with Crippen LogP contribution in [0.15, 0.2) is 23.4 Å². The van der Waals surface area contributed by atoms with Crippen molar-refractivity contribution in [3.63, 3.8) is 0 Å². The van der Waals surface area contributed by atoms with Crippen LogP contribution in [0.25, 0.3) is 11.0 Å². The second-order valence-electron chi connectivity index (χ2n) is 3.34. The fourth-order valence-corrected chi connectivity index (χ4v) is 1.46. The van der Waals surface area contributed by atoms with E-state index in [2.05, 4.69) is 16.9 Å². The molecule has 2 aromatic rings. The van der Waals surface area contributed by atoms with E-state index in [0.717, 1.165) is 19.4 Å². The molecular weight excluding hydrogens is 178 g/mol. The molecule has 74 valence electrons. The minimum Gasteiger partial charge on any atom is -0.346 e. The number of fused-ring (bicyclic) bond motifs is 1. The summed E-state index contributed by atoms with van der Waals surface area (Å²) >= 11 is 0. The summed E-state index contributed by atoms with van der Waals surface area (Å²) in [5.41, 5.74) is 0.715. The second-order valence-corrected chi connectivity index (χ2v) is 3.34. The number of aromatic amines is 1. The first kappa shape index (κ1) is 8.99. The maximum atomic E-state index is 11.8. The van der Waals surface area contributed by atoms with Gasteiger partial charge in [0.2, 0.25) is 0 Å². The van der Waals surface area contributed by atoms with E-state index in [4.69, 9.17) is 0 Å². The van der Waals surface area contributed by atoms with Crippen molar-refractivity contribution in [3.05, 3.63) is 28.9 Å². The number of hydrogen-bond acceptors (Lipinski definition) is 2. The van der Waals surface area contributed by atoms with Crippen LogP contribution in [0, 0.1) is 0 Å². The van der Waals surface area contributed by atoms with Crippen molar-refractivity contribution in [2.45, 2.75) is 26.3 Å². The standard InChI is InChI=1S/C10H13N3O/c1-2-3-6-13-7-12-9-8(10(13)14)4-5-11-9/h4-5,7,11H,2-3,6H2,1H3. The summed E-state index contributed by atoms with van der Waals surface area (Å²) in [6.07, 6.45) is 5.44. The van der Waals surface area contributed by atoms with Crippen LogP contribution in [0.1, 0.15) is 19.8 Å². The van der Waals surface area contributed by atoms with Gasteiger partial charge in [-0.25, -0.2) is 4.98 Å². The zero-order valence-corrected chi connectivity index (χ0v) is 8.16. The smallest absolute Gasteiger partial charge is 0.262 e. The molecule has 0 bridgehead atoms. The van der Waals surface area contributed by atoms with Crippen LogP contribution in [0.5, 0.6) is 0 Å². The third-order valence-electron chi connectivity index (χ3n) is 2.30. The molecule has 0 amide bonds. The number of rotatable bonds is 3. The van der Waals surface area contributed by atoms with Crippen molar-refractivity contribution in [2.75, 3.05) is 0 Å². The third kappa shape index (κ3) is 1.43. The summed E-state index contributed by atoms with van der Waals surface area (Å²) in [6.45, 7) is 2.86. The van der Waals surface area contributed by atoms with Gasteiger partial charge in [0.15, 0.2) is 0 Å². The highest BCUT2D eigenvalue weighted by Gasteiger charge is 2.03. The number of aromatic nitrogens is 3. The summed E-state index contributed by atoms with van der Waals surface area (Å²) < 4.78 is 1.67. The number of nitrogens with zero attached hydrogens (tertiary/aromatic N) is 2. The van der Waals surface area contributed by atoms with Crippen LogP contribution >= 0.6 is 0 Å². The Morgan fingerprint density at radius 3 is 3.21 bits per heavy atom. The zero-order chi connectivity index (χ0) is 9.97. The van der Waals surface area contributed by atoms with Gasteiger partial charge in [0.25, 0.3) is 5.56 Å². The van der Waals surface area contributed by atoms with Gasteiger partial charge < -0.3 is 4.98 Å². The van der Waals surface area contributed by atoms with E-state index in [1.807, 2.05) is 0 Å². The van der Waals surface area contributed by atoms with Crippen LogP contribution in [0.2, 0.25) is 0 Å². The monoisotopic (exact) mass is 191 g/mol. The minimum atomic E-state index is 0.0460. The molecule has 0 saturated carbocycles. The quantitative estimate of drug-likeness (QED) is 0.799. The topological polar surface area (TPSA) is 50.7 Å². The number of unbranched alkanes of at least 4 members (excludes halogenated alkanes) is 1. The highest BCUT2D eigenvalue weighted by atomic mass is 16.1. The number of H-pyrrole nitrogens is 1. The lowest BCUT2D eigenvalue weighted by molar-refractivity contribution is 0.608. The van der Waals surface area contributed by atoms with Crippen molar-refractivity contribution in [3.8, 4) is 0 Å². The van der Waals surface area contributed by atoms with E-state index < -0.39 is 0 Å². The average molecular weight is 191 g/mol. The van der Waals surface area contributed by atoms with Gasteiger partial charge in [0.1, 0.15) is 5.65 Å². The lowest BCUT2D eigenvalue weighted by Gasteiger charge is -2.02. The Bertz CT molecular complexity index is 483. The van der Waals surface area contributed by atoms with E-state index in [9.17, 15) is 4.79 Å². The first-order valence-electron chi connectivity index (χ1n) is 4.85. The molecule has 4 nitrogen and oxygen atoms in total. The molecule has 0 atom stereocenters. The third-order valence-corrected chi connectivity index (χ3v) is 2.30. The molecule has 1 N–H and O–H groups in total. The van der Waals surface area contributed by atoms with Gasteiger partial charge in [-0.1, -0.05) is 13.3 Å². The Balaban J connectivity index is 2.46. The Morgan fingerprint density at radius 1 is 1.57 bits per heavy atom. The van der Waals surface area contributed by atoms with E-state index in [1.54, 1.807) is 23.2 Å². The molecule has 2 rings (SSSR count). The molecule has 0 spiro atoms. The predicted molar refractivity (Wildman–Crippen MR) is 55.3 cm³/mol. The Hall–Kier alpha value is -1.58. The molecule has 2 aromatic heterocycles. The van der Waals surface area contributed by atoms with Gasteiger partial charge in [-0.3, -0.25) is 9.36 Å². The lowest BCUT2D eigenvalue weighted by atomic mass is 10.3. The van der Waals surface area contributed by atoms with Crippen LogP contribution < -0.4 is 5.56 Å². The lowest BCUT2D eigenvalue weighted by Crippen LogP contribution is -2.20. The van der Waals surface area contributed by atoms with E-state index in [1.165, 1.54) is 0 Å². The van der Waals surface area contributed by atoms with Crippen molar-refractivity contribution < 1.29 is 0 Å². The molecule has 0 aromatic carbocycles. The normalized spacial score (nSPS) is 10.9. The zero-order valence-electron chi connectivity index (χ0n) is 8.16. The summed E-state index contributed by atoms with van der Waals surface area (Å²) in [5, 5.41) is 0.670. The van der Waals surface area contributed by atoms with E-state index in [0.29, 0.717) is 11.0 Å². The summed E-state index contributed by atoms with van der Waals surface area (Å²) in [7, 11) is 0. The summed E-state index contributed by atoms with van der Waals surface area (Å²) in [4.78, 5) is 18.9. The average Bonchev–Trinajstić information content (AvgIpc) is 2.66. The molecule has 0 aliphatic carbocycles. The van der Waals surface area contributed by atoms with Crippen molar-refractivity contribution >= 4 is 11.0 Å². The van der Waals surface area contributed by atoms with Crippen molar-refractivity contribution in [1.82, 2.24) is 14.5 Å². The van der Waals surface area contributed by atoms with E-state index >= 15 is 0 Å². The number of nitrogens with one attached hydrogen (secondary N) is 1. The molecule has 0 radical (unpaired) electrons. The van der Waals surface area contributed by atoms with Crippen molar-refractivity contribution in [2.24, 2.45) is 0 Å². The van der Waals surface area contributed by atoms with Crippen LogP contribution in [0.3, 0.4) is 0 Å².